The second-order valence-corrected chi connectivity index (χ2v) is 13.0. The summed E-state index contributed by atoms with van der Waals surface area (Å²) in [4.78, 5) is 19.1. The molecule has 2 heterocycles. The number of rotatable bonds is 2. The largest absolute Gasteiger partial charge is 0.268 e. The molecular weight excluding hydrogens is 609 g/mol. The fourth-order valence-electron chi connectivity index (χ4n) is 8.87. The number of imidazole rings is 1. The first-order valence-electron chi connectivity index (χ1n) is 17.4. The minimum atomic E-state index is -0.395. The van der Waals surface area contributed by atoms with E-state index in [2.05, 4.69) is 121 Å². The molecule has 3 heteroatoms. The molecule has 0 aliphatic heterocycles. The topological polar surface area (TPSA) is 34.4 Å². The zero-order valence-electron chi connectivity index (χ0n) is 27.8. The van der Waals surface area contributed by atoms with Crippen molar-refractivity contribution in [1.82, 2.24) is 9.38 Å². The fourth-order valence-corrected chi connectivity index (χ4v) is 8.87. The summed E-state index contributed by atoms with van der Waals surface area (Å²) in [5.41, 5.74) is 14.9. The van der Waals surface area contributed by atoms with E-state index >= 15 is 0 Å². The second-order valence-electron chi connectivity index (χ2n) is 13.0. The lowest BCUT2D eigenvalue weighted by molar-refractivity contribution is 0.794. The normalized spacial score (nSPS) is 13.2. The van der Waals surface area contributed by atoms with E-state index in [0.717, 1.165) is 38.5 Å². The summed E-state index contributed by atoms with van der Waals surface area (Å²) in [6.07, 6.45) is 0. The average molecular weight is 641 g/mol. The van der Waals surface area contributed by atoms with E-state index in [1.54, 1.807) is 0 Å². The second kappa shape index (κ2) is 10.6. The van der Waals surface area contributed by atoms with Crippen molar-refractivity contribution < 1.29 is 0 Å². The lowest BCUT2D eigenvalue weighted by Crippen LogP contribution is -2.25. The SMILES string of the molecule is CC.O=c1c2ccccc2c2cccc3nc(-c4cccc(-c5ccc6c(c5)C5(c7ccccc7-c7ccccc75)c5ccccc5-6)c4)n1c32. The van der Waals surface area contributed by atoms with E-state index in [1.165, 1.54) is 44.5 Å². The zero-order chi connectivity index (χ0) is 33.6. The first-order chi connectivity index (χ1) is 24.7. The summed E-state index contributed by atoms with van der Waals surface area (Å²) in [5, 5.41) is 2.70. The van der Waals surface area contributed by atoms with E-state index in [4.69, 9.17) is 4.98 Å². The van der Waals surface area contributed by atoms with E-state index in [1.807, 2.05) is 54.6 Å². The van der Waals surface area contributed by atoms with Crippen LogP contribution in [0.1, 0.15) is 36.1 Å². The van der Waals surface area contributed by atoms with Gasteiger partial charge in [-0.15, -0.1) is 0 Å². The Morgan fingerprint density at radius 1 is 0.460 bits per heavy atom. The van der Waals surface area contributed by atoms with Crippen molar-refractivity contribution in [3.8, 4) is 44.8 Å². The van der Waals surface area contributed by atoms with Gasteiger partial charge in [0.25, 0.3) is 5.56 Å². The Morgan fingerprint density at radius 2 is 0.980 bits per heavy atom. The number of para-hydroxylation sites is 1. The zero-order valence-corrected chi connectivity index (χ0v) is 27.8. The van der Waals surface area contributed by atoms with Gasteiger partial charge in [-0.1, -0.05) is 147 Å². The molecule has 0 bridgehead atoms. The van der Waals surface area contributed by atoms with Crippen LogP contribution in [0.15, 0.2) is 163 Å². The van der Waals surface area contributed by atoms with Gasteiger partial charge in [0.15, 0.2) is 0 Å². The molecule has 11 rings (SSSR count). The summed E-state index contributed by atoms with van der Waals surface area (Å²) in [6, 6.07) is 56.1. The summed E-state index contributed by atoms with van der Waals surface area (Å²) in [7, 11) is 0. The van der Waals surface area contributed by atoms with Gasteiger partial charge in [0.2, 0.25) is 0 Å². The summed E-state index contributed by atoms with van der Waals surface area (Å²) >= 11 is 0. The fraction of sp³-hybridized carbons (Fsp3) is 0.0638. The number of pyridine rings is 1. The monoisotopic (exact) mass is 640 g/mol. The van der Waals surface area contributed by atoms with E-state index in [0.29, 0.717) is 11.2 Å². The Morgan fingerprint density at radius 3 is 1.66 bits per heavy atom. The molecule has 0 fully saturated rings. The van der Waals surface area contributed by atoms with Gasteiger partial charge in [-0.3, -0.25) is 9.20 Å². The Hall–Kier alpha value is -6.32. The first kappa shape index (κ1) is 28.7. The molecule has 0 unspecified atom stereocenters. The third-order valence-electron chi connectivity index (χ3n) is 10.8. The number of fused-ring (bicyclic) bond motifs is 12. The van der Waals surface area contributed by atoms with E-state index in [-0.39, 0.29) is 5.56 Å². The van der Waals surface area contributed by atoms with Crippen LogP contribution in [0.4, 0.5) is 0 Å². The molecule has 50 heavy (non-hydrogen) atoms. The van der Waals surface area contributed by atoms with E-state index in [9.17, 15) is 4.79 Å². The molecule has 3 nitrogen and oxygen atoms in total. The van der Waals surface area contributed by atoms with Gasteiger partial charge in [-0.25, -0.2) is 4.98 Å². The molecule has 0 radical (unpaired) electrons. The van der Waals surface area contributed by atoms with Gasteiger partial charge in [-0.2, -0.15) is 0 Å². The van der Waals surface area contributed by atoms with Gasteiger partial charge < -0.3 is 0 Å². The minimum absolute atomic E-state index is 0.0389. The molecule has 0 N–H and O–H groups in total. The maximum atomic E-state index is 14.0. The van der Waals surface area contributed by atoms with Crippen LogP contribution in [0.25, 0.3) is 72.0 Å². The Bertz CT molecular complexity index is 2820. The van der Waals surface area contributed by atoms with Crippen LogP contribution >= 0.6 is 0 Å². The maximum absolute atomic E-state index is 14.0. The minimum Gasteiger partial charge on any atom is -0.268 e. The molecular formula is C47H32N2O. The quantitative estimate of drug-likeness (QED) is 0.176. The van der Waals surface area contributed by atoms with Crippen molar-refractivity contribution in [3.63, 3.8) is 0 Å². The highest BCUT2D eigenvalue weighted by molar-refractivity contribution is 6.11. The molecule has 0 saturated carbocycles. The van der Waals surface area contributed by atoms with Gasteiger partial charge in [0, 0.05) is 16.3 Å². The standard InChI is InChI=1S/C45H26N2O.C2H6/c48-44-36-17-2-1-13-30(36)35-18-10-22-41-42(35)47(44)43(46-41)29-12-9-11-27(25-29)28-23-24-34-33-16-5-8-21-39(33)45(40(34)26-28)37-19-6-3-14-31(37)32-15-4-7-20-38(32)45;1-2/h1-26H;1-2H3. The molecule has 0 atom stereocenters. The number of hydrogen-bond donors (Lipinski definition) is 0. The van der Waals surface area contributed by atoms with Crippen LogP contribution in [0.5, 0.6) is 0 Å². The summed E-state index contributed by atoms with van der Waals surface area (Å²) in [5.74, 6) is 0.669. The average Bonchev–Trinajstić information content (AvgIpc) is 3.83. The van der Waals surface area contributed by atoms with Crippen molar-refractivity contribution in [2.24, 2.45) is 0 Å². The molecule has 2 aromatic heterocycles. The molecule has 1 spiro atoms. The van der Waals surface area contributed by atoms with Crippen LogP contribution in [-0.2, 0) is 5.41 Å². The lowest BCUT2D eigenvalue weighted by atomic mass is 9.70. The Kier molecular flexibility index (Phi) is 6.07. The molecule has 2 aliphatic rings. The molecule has 9 aromatic rings. The van der Waals surface area contributed by atoms with E-state index < -0.39 is 5.41 Å². The summed E-state index contributed by atoms with van der Waals surface area (Å²) in [6.45, 7) is 4.00. The molecule has 2 aliphatic carbocycles. The van der Waals surface area contributed by atoms with Crippen LogP contribution in [-0.4, -0.2) is 9.38 Å². The maximum Gasteiger partial charge on any atom is 0.264 e. The third-order valence-corrected chi connectivity index (χ3v) is 10.8. The number of nitrogens with zero attached hydrogens (tertiary/aromatic N) is 2. The molecule has 0 saturated heterocycles. The van der Waals surface area contributed by atoms with Crippen LogP contribution in [0, 0.1) is 0 Å². The van der Waals surface area contributed by atoms with Crippen molar-refractivity contribution in [1.29, 1.82) is 0 Å². The lowest BCUT2D eigenvalue weighted by Gasteiger charge is -2.30. The van der Waals surface area contributed by atoms with Crippen molar-refractivity contribution in [2.45, 2.75) is 19.3 Å². The smallest absolute Gasteiger partial charge is 0.264 e. The van der Waals surface area contributed by atoms with Crippen molar-refractivity contribution >= 4 is 27.2 Å². The molecule has 0 amide bonds. The van der Waals surface area contributed by atoms with Crippen LogP contribution in [0.3, 0.4) is 0 Å². The number of hydrogen-bond acceptors (Lipinski definition) is 2. The van der Waals surface area contributed by atoms with Gasteiger partial charge in [-0.05, 0) is 85.3 Å². The highest BCUT2D eigenvalue weighted by Gasteiger charge is 2.51. The highest BCUT2D eigenvalue weighted by atomic mass is 16.1. The number of benzene rings is 7. The van der Waals surface area contributed by atoms with Crippen molar-refractivity contribution in [2.75, 3.05) is 0 Å². The third kappa shape index (κ3) is 3.59. The number of aromatic nitrogens is 2. The molecule has 236 valence electrons. The summed E-state index contributed by atoms with van der Waals surface area (Å²) < 4.78 is 1.81. The van der Waals surface area contributed by atoms with Gasteiger partial charge in [0.1, 0.15) is 5.82 Å². The first-order valence-corrected chi connectivity index (χ1v) is 17.4. The predicted molar refractivity (Wildman–Crippen MR) is 206 cm³/mol. The Labute approximate surface area is 290 Å². The Balaban J connectivity index is 0.00000156. The van der Waals surface area contributed by atoms with Gasteiger partial charge in [0.05, 0.1) is 16.4 Å². The molecule has 7 aromatic carbocycles. The van der Waals surface area contributed by atoms with Crippen LogP contribution in [0.2, 0.25) is 0 Å². The van der Waals surface area contributed by atoms with Crippen molar-refractivity contribution in [3.05, 3.63) is 190 Å². The van der Waals surface area contributed by atoms with Crippen LogP contribution < -0.4 is 5.56 Å². The van der Waals surface area contributed by atoms with Gasteiger partial charge >= 0.3 is 0 Å². The predicted octanol–water partition coefficient (Wildman–Crippen LogP) is 11.1. The highest BCUT2D eigenvalue weighted by Crippen LogP contribution is 2.63.